The van der Waals surface area contributed by atoms with E-state index in [1.165, 1.54) is 25.7 Å². The zero-order valence-electron chi connectivity index (χ0n) is 17.8. The van der Waals surface area contributed by atoms with Crippen molar-refractivity contribution in [2.45, 2.75) is 44.6 Å². The quantitative estimate of drug-likeness (QED) is 0.714. The molecule has 0 bridgehead atoms. The number of rotatable bonds is 6. The summed E-state index contributed by atoms with van der Waals surface area (Å²) in [5, 5.41) is 2.75. The van der Waals surface area contributed by atoms with E-state index >= 15 is 0 Å². The number of nitrogens with two attached hydrogens (primary N) is 1. The number of urea groups is 1. The van der Waals surface area contributed by atoms with E-state index < -0.39 is 12.1 Å². The molecule has 2 fully saturated rings. The maximum atomic E-state index is 13.1. The third-order valence-corrected chi connectivity index (χ3v) is 6.58. The Hall–Kier alpha value is -3.02. The maximum Gasteiger partial charge on any atom is 0.312 e. The first-order valence-corrected chi connectivity index (χ1v) is 11.2. The fourth-order valence-electron chi connectivity index (χ4n) is 4.97. The van der Waals surface area contributed by atoms with Crippen molar-refractivity contribution in [2.24, 2.45) is 17.6 Å². The number of fused-ring (bicyclic) bond motifs is 1. The van der Waals surface area contributed by atoms with E-state index in [9.17, 15) is 9.59 Å². The van der Waals surface area contributed by atoms with Gasteiger partial charge in [-0.3, -0.25) is 4.79 Å². The molecule has 3 atom stereocenters. The van der Waals surface area contributed by atoms with Gasteiger partial charge in [0.1, 0.15) is 11.5 Å². The number of ether oxygens (including phenoxy) is 1. The van der Waals surface area contributed by atoms with Gasteiger partial charge < -0.3 is 20.7 Å². The van der Waals surface area contributed by atoms with Crippen LogP contribution < -0.4 is 15.8 Å². The average Bonchev–Trinajstić information content (AvgIpc) is 2.79. The molecule has 31 heavy (non-hydrogen) atoms. The molecule has 4 rings (SSSR count). The van der Waals surface area contributed by atoms with Crippen LogP contribution in [0.3, 0.4) is 0 Å². The van der Waals surface area contributed by atoms with Crippen molar-refractivity contribution in [3.05, 3.63) is 60.2 Å². The summed E-state index contributed by atoms with van der Waals surface area (Å²) >= 11 is 0. The molecule has 3 amide bonds. The molecule has 1 saturated heterocycles. The Kier molecular flexibility index (Phi) is 6.75. The topological polar surface area (TPSA) is 84.7 Å². The van der Waals surface area contributed by atoms with Gasteiger partial charge in [-0.25, -0.2) is 4.79 Å². The second-order valence-electron chi connectivity index (χ2n) is 8.69. The number of nitrogens with zero attached hydrogens (tertiary/aromatic N) is 1. The summed E-state index contributed by atoms with van der Waals surface area (Å²) in [7, 11) is 0. The van der Waals surface area contributed by atoms with Crippen LogP contribution in [-0.4, -0.2) is 29.9 Å². The minimum absolute atomic E-state index is 0.0668. The second-order valence-corrected chi connectivity index (χ2v) is 8.69. The Balaban J connectivity index is 1.45. The number of likely N-dealkylation sites (tertiary alicyclic amines) is 1. The van der Waals surface area contributed by atoms with Crippen LogP contribution in [0, 0.1) is 11.8 Å². The number of carbonyl (C=O) groups excluding carboxylic acids is 2. The smallest absolute Gasteiger partial charge is 0.312 e. The highest BCUT2D eigenvalue weighted by Gasteiger charge is 2.33. The first kappa shape index (κ1) is 21.2. The molecular weight excluding hydrogens is 390 g/mol. The predicted molar refractivity (Wildman–Crippen MR) is 120 cm³/mol. The average molecular weight is 422 g/mol. The highest BCUT2D eigenvalue weighted by atomic mass is 16.5. The lowest BCUT2D eigenvalue weighted by Crippen LogP contribution is -2.46. The van der Waals surface area contributed by atoms with Gasteiger partial charge in [-0.1, -0.05) is 49.6 Å². The summed E-state index contributed by atoms with van der Waals surface area (Å²) in [5.74, 6) is 2.83. The SMILES string of the molecule is NC(=O)N[C@H](CC(=O)N1CC[C@H]2CCCC[C@@H]2C1)c1cccc(Oc2ccccc2)c1. The van der Waals surface area contributed by atoms with Gasteiger partial charge in [-0.15, -0.1) is 0 Å². The molecule has 0 spiro atoms. The highest BCUT2D eigenvalue weighted by Crippen LogP contribution is 2.36. The lowest BCUT2D eigenvalue weighted by molar-refractivity contribution is -0.134. The van der Waals surface area contributed by atoms with E-state index in [4.69, 9.17) is 10.5 Å². The number of piperidine rings is 1. The molecule has 6 nitrogen and oxygen atoms in total. The minimum atomic E-state index is -0.641. The Morgan fingerprint density at radius 1 is 1.00 bits per heavy atom. The third-order valence-electron chi connectivity index (χ3n) is 6.58. The van der Waals surface area contributed by atoms with Crippen LogP contribution in [-0.2, 0) is 4.79 Å². The van der Waals surface area contributed by atoms with Crippen LogP contribution in [0.4, 0.5) is 4.79 Å². The Labute approximate surface area is 183 Å². The minimum Gasteiger partial charge on any atom is -0.457 e. The van der Waals surface area contributed by atoms with Gasteiger partial charge in [-0.2, -0.15) is 0 Å². The lowest BCUT2D eigenvalue weighted by atomic mass is 9.75. The van der Waals surface area contributed by atoms with E-state index in [1.54, 1.807) is 0 Å². The fourth-order valence-corrected chi connectivity index (χ4v) is 4.97. The second kappa shape index (κ2) is 9.86. The molecule has 0 unspecified atom stereocenters. The van der Waals surface area contributed by atoms with E-state index in [-0.39, 0.29) is 12.3 Å². The van der Waals surface area contributed by atoms with E-state index in [0.29, 0.717) is 11.7 Å². The zero-order chi connectivity index (χ0) is 21.6. The monoisotopic (exact) mass is 421 g/mol. The predicted octanol–water partition coefficient (Wildman–Crippen LogP) is 4.62. The molecular formula is C25H31N3O3. The van der Waals surface area contributed by atoms with Crippen molar-refractivity contribution < 1.29 is 14.3 Å². The Morgan fingerprint density at radius 2 is 1.74 bits per heavy atom. The molecule has 2 aromatic rings. The van der Waals surface area contributed by atoms with Crippen molar-refractivity contribution in [2.75, 3.05) is 13.1 Å². The highest BCUT2D eigenvalue weighted by molar-refractivity contribution is 5.79. The first-order valence-electron chi connectivity index (χ1n) is 11.2. The van der Waals surface area contributed by atoms with Crippen molar-refractivity contribution in [1.29, 1.82) is 0 Å². The third kappa shape index (κ3) is 5.57. The van der Waals surface area contributed by atoms with E-state index in [2.05, 4.69) is 5.32 Å². The molecule has 0 radical (unpaired) electrons. The standard InChI is InChI=1S/C25H31N3O3/c26-25(30)27-23(16-24(29)28-14-13-18-7-4-5-8-20(18)17-28)19-9-6-12-22(15-19)31-21-10-2-1-3-11-21/h1-3,6,9-12,15,18,20,23H,4-5,7-8,13-14,16-17H2,(H3,26,27,30)/t18-,20-,23-/m1/s1. The number of benzene rings is 2. The Bertz CT molecular complexity index is 902. The van der Waals surface area contributed by atoms with Gasteiger partial charge in [0, 0.05) is 13.1 Å². The van der Waals surface area contributed by atoms with Crippen molar-refractivity contribution in [3.8, 4) is 11.5 Å². The molecule has 3 N–H and O–H groups in total. The molecule has 1 aliphatic heterocycles. The van der Waals surface area contributed by atoms with Crippen LogP contribution >= 0.6 is 0 Å². The van der Waals surface area contributed by atoms with Gasteiger partial charge in [0.25, 0.3) is 0 Å². The molecule has 6 heteroatoms. The molecule has 1 saturated carbocycles. The summed E-state index contributed by atoms with van der Waals surface area (Å²) < 4.78 is 5.92. The maximum absolute atomic E-state index is 13.1. The number of hydrogen-bond acceptors (Lipinski definition) is 3. The number of carbonyl (C=O) groups is 2. The van der Waals surface area contributed by atoms with Gasteiger partial charge in [-0.05, 0) is 54.5 Å². The summed E-state index contributed by atoms with van der Waals surface area (Å²) in [6, 6.07) is 15.8. The van der Waals surface area contributed by atoms with Crippen LogP contribution in [0.1, 0.15) is 50.1 Å². The molecule has 2 aliphatic rings. The van der Waals surface area contributed by atoms with E-state index in [0.717, 1.165) is 36.7 Å². The normalized spacial score (nSPS) is 21.6. The summed E-state index contributed by atoms with van der Waals surface area (Å²) in [6.45, 7) is 1.64. The number of nitrogens with one attached hydrogen (secondary N) is 1. The summed E-state index contributed by atoms with van der Waals surface area (Å²) in [6.07, 6.45) is 6.38. The van der Waals surface area contributed by atoms with E-state index in [1.807, 2.05) is 59.5 Å². The molecule has 2 aromatic carbocycles. The summed E-state index contributed by atoms with van der Waals surface area (Å²) in [5.41, 5.74) is 6.23. The van der Waals surface area contributed by atoms with Crippen molar-refractivity contribution in [3.63, 3.8) is 0 Å². The largest absolute Gasteiger partial charge is 0.457 e. The van der Waals surface area contributed by atoms with Gasteiger partial charge in [0.05, 0.1) is 12.5 Å². The first-order chi connectivity index (χ1) is 15.1. The van der Waals surface area contributed by atoms with Gasteiger partial charge in [0.2, 0.25) is 5.91 Å². The number of primary amides is 1. The molecule has 0 aromatic heterocycles. The van der Waals surface area contributed by atoms with Gasteiger partial charge in [0.15, 0.2) is 0 Å². The zero-order valence-corrected chi connectivity index (χ0v) is 17.8. The number of hydrogen-bond donors (Lipinski definition) is 2. The van der Waals surface area contributed by atoms with Gasteiger partial charge >= 0.3 is 6.03 Å². The fraction of sp³-hybridized carbons (Fsp3) is 0.440. The van der Waals surface area contributed by atoms with Crippen LogP contribution in [0.2, 0.25) is 0 Å². The van der Waals surface area contributed by atoms with Crippen LogP contribution in [0.25, 0.3) is 0 Å². The summed E-state index contributed by atoms with van der Waals surface area (Å²) in [4.78, 5) is 26.8. The number of para-hydroxylation sites is 1. The van der Waals surface area contributed by atoms with Crippen LogP contribution in [0.5, 0.6) is 11.5 Å². The molecule has 1 aliphatic carbocycles. The molecule has 164 valence electrons. The van der Waals surface area contributed by atoms with Crippen LogP contribution in [0.15, 0.2) is 54.6 Å². The Morgan fingerprint density at radius 3 is 2.52 bits per heavy atom. The van der Waals surface area contributed by atoms with Crippen molar-refractivity contribution in [1.82, 2.24) is 10.2 Å². The number of amides is 3. The molecule has 1 heterocycles. The lowest BCUT2D eigenvalue weighted by Gasteiger charge is -2.41. The van der Waals surface area contributed by atoms with Crippen molar-refractivity contribution >= 4 is 11.9 Å².